The van der Waals surface area contributed by atoms with Crippen molar-refractivity contribution in [3.05, 3.63) is 0 Å². The lowest BCUT2D eigenvalue weighted by Crippen LogP contribution is -2.47. The predicted molar refractivity (Wildman–Crippen MR) is 66.1 cm³/mol. The average molecular weight is 216 g/mol. The molecule has 0 radical (unpaired) electrons. The molecule has 2 nitrogen and oxygen atoms in total. The van der Waals surface area contributed by atoms with Crippen LogP contribution in [0.25, 0.3) is 0 Å². The van der Waals surface area contributed by atoms with Gasteiger partial charge in [0, 0.05) is 18.6 Å². The Labute approximate surface area is 92.8 Å². The summed E-state index contributed by atoms with van der Waals surface area (Å²) < 4.78 is 0. The summed E-state index contributed by atoms with van der Waals surface area (Å²) in [5.41, 5.74) is 0. The van der Waals surface area contributed by atoms with Gasteiger partial charge >= 0.3 is 0 Å². The van der Waals surface area contributed by atoms with Crippen LogP contribution in [0.5, 0.6) is 0 Å². The Morgan fingerprint density at radius 1 is 1.57 bits per heavy atom. The SMILES string of the molecule is CSCCC(C)N(C)C1CCCNC1. The summed E-state index contributed by atoms with van der Waals surface area (Å²) in [6, 6.07) is 1.49. The van der Waals surface area contributed by atoms with E-state index in [0.29, 0.717) is 0 Å². The maximum absolute atomic E-state index is 3.48. The highest BCUT2D eigenvalue weighted by Gasteiger charge is 2.20. The molecule has 1 saturated heterocycles. The van der Waals surface area contributed by atoms with Crippen LogP contribution in [0.2, 0.25) is 0 Å². The quantitative estimate of drug-likeness (QED) is 0.754. The Morgan fingerprint density at radius 2 is 2.36 bits per heavy atom. The molecule has 0 aromatic rings. The Kier molecular flexibility index (Phi) is 5.90. The number of rotatable bonds is 5. The second-order valence-electron chi connectivity index (χ2n) is 4.30. The normalized spacial score (nSPS) is 25.3. The van der Waals surface area contributed by atoms with Gasteiger partial charge in [0.2, 0.25) is 0 Å². The molecule has 2 atom stereocenters. The van der Waals surface area contributed by atoms with Crippen molar-refractivity contribution >= 4 is 11.8 Å². The molecular weight excluding hydrogens is 192 g/mol. The minimum absolute atomic E-state index is 0.729. The molecule has 1 aliphatic heterocycles. The first-order valence-corrected chi connectivity index (χ1v) is 7.06. The third kappa shape index (κ3) is 3.79. The van der Waals surface area contributed by atoms with Gasteiger partial charge in [-0.3, -0.25) is 4.90 Å². The van der Waals surface area contributed by atoms with Crippen molar-refractivity contribution in [2.75, 3.05) is 32.1 Å². The molecule has 1 N–H and O–H groups in total. The summed E-state index contributed by atoms with van der Waals surface area (Å²) in [5.74, 6) is 1.28. The molecule has 0 bridgehead atoms. The summed E-state index contributed by atoms with van der Waals surface area (Å²) in [6.07, 6.45) is 6.21. The van der Waals surface area contributed by atoms with Crippen LogP contribution in [0.3, 0.4) is 0 Å². The van der Waals surface area contributed by atoms with Crippen LogP contribution < -0.4 is 5.32 Å². The molecule has 3 heteroatoms. The van der Waals surface area contributed by atoms with E-state index >= 15 is 0 Å². The summed E-state index contributed by atoms with van der Waals surface area (Å²) in [5, 5.41) is 3.48. The average Bonchev–Trinajstić information content (AvgIpc) is 2.26. The zero-order chi connectivity index (χ0) is 10.4. The largest absolute Gasteiger partial charge is 0.315 e. The second-order valence-corrected chi connectivity index (χ2v) is 5.28. The molecule has 2 unspecified atom stereocenters. The number of hydrogen-bond acceptors (Lipinski definition) is 3. The minimum atomic E-state index is 0.729. The first-order valence-electron chi connectivity index (χ1n) is 5.67. The predicted octanol–water partition coefficient (Wildman–Crippen LogP) is 1.81. The highest BCUT2D eigenvalue weighted by molar-refractivity contribution is 7.98. The number of nitrogens with one attached hydrogen (secondary N) is 1. The van der Waals surface area contributed by atoms with Crippen molar-refractivity contribution in [3.8, 4) is 0 Å². The van der Waals surface area contributed by atoms with Gasteiger partial charge in [-0.05, 0) is 51.8 Å². The third-order valence-electron chi connectivity index (χ3n) is 3.28. The fourth-order valence-electron chi connectivity index (χ4n) is 2.03. The number of nitrogens with zero attached hydrogens (tertiary/aromatic N) is 1. The molecule has 0 amide bonds. The van der Waals surface area contributed by atoms with Crippen LogP contribution in [-0.4, -0.2) is 49.1 Å². The van der Waals surface area contributed by atoms with E-state index in [1.54, 1.807) is 0 Å². The van der Waals surface area contributed by atoms with E-state index in [9.17, 15) is 0 Å². The van der Waals surface area contributed by atoms with E-state index in [0.717, 1.165) is 12.1 Å². The second kappa shape index (κ2) is 6.70. The first kappa shape index (κ1) is 12.3. The van der Waals surface area contributed by atoms with E-state index in [1.165, 1.54) is 38.1 Å². The van der Waals surface area contributed by atoms with E-state index < -0.39 is 0 Å². The van der Waals surface area contributed by atoms with Gasteiger partial charge < -0.3 is 5.32 Å². The molecule has 1 heterocycles. The van der Waals surface area contributed by atoms with Gasteiger partial charge in [0.1, 0.15) is 0 Å². The number of likely N-dealkylation sites (N-methyl/N-ethyl adjacent to an activating group) is 1. The lowest BCUT2D eigenvalue weighted by Gasteiger charge is -2.35. The van der Waals surface area contributed by atoms with E-state index in [2.05, 4.69) is 30.4 Å². The lowest BCUT2D eigenvalue weighted by molar-refractivity contribution is 0.153. The first-order chi connectivity index (χ1) is 6.75. The van der Waals surface area contributed by atoms with Crippen molar-refractivity contribution in [2.45, 2.75) is 38.3 Å². The van der Waals surface area contributed by atoms with Crippen LogP contribution in [0.4, 0.5) is 0 Å². The fourth-order valence-corrected chi connectivity index (χ4v) is 2.61. The van der Waals surface area contributed by atoms with Crippen LogP contribution in [-0.2, 0) is 0 Å². The lowest BCUT2D eigenvalue weighted by atomic mass is 10.0. The monoisotopic (exact) mass is 216 g/mol. The maximum Gasteiger partial charge on any atom is 0.0220 e. The highest BCUT2D eigenvalue weighted by atomic mass is 32.2. The minimum Gasteiger partial charge on any atom is -0.315 e. The van der Waals surface area contributed by atoms with Crippen molar-refractivity contribution in [1.29, 1.82) is 0 Å². The van der Waals surface area contributed by atoms with Gasteiger partial charge in [0.05, 0.1) is 0 Å². The molecule has 1 aliphatic rings. The molecule has 1 fully saturated rings. The zero-order valence-corrected chi connectivity index (χ0v) is 10.6. The molecule has 0 aromatic heterocycles. The van der Waals surface area contributed by atoms with E-state index in [-0.39, 0.29) is 0 Å². The van der Waals surface area contributed by atoms with Crippen molar-refractivity contribution in [3.63, 3.8) is 0 Å². The van der Waals surface area contributed by atoms with Crippen molar-refractivity contribution in [1.82, 2.24) is 10.2 Å². The standard InChI is InChI=1S/C11H24N2S/c1-10(6-8-14-3)13(2)11-5-4-7-12-9-11/h10-12H,4-9H2,1-3H3. The van der Waals surface area contributed by atoms with Crippen LogP contribution in [0.15, 0.2) is 0 Å². The van der Waals surface area contributed by atoms with Crippen molar-refractivity contribution in [2.24, 2.45) is 0 Å². The van der Waals surface area contributed by atoms with E-state index in [4.69, 9.17) is 0 Å². The topological polar surface area (TPSA) is 15.3 Å². The highest BCUT2D eigenvalue weighted by Crippen LogP contribution is 2.14. The van der Waals surface area contributed by atoms with Crippen LogP contribution in [0, 0.1) is 0 Å². The molecular formula is C11H24N2S. The summed E-state index contributed by atoms with van der Waals surface area (Å²) in [7, 11) is 2.28. The van der Waals surface area contributed by atoms with Crippen molar-refractivity contribution < 1.29 is 0 Å². The van der Waals surface area contributed by atoms with Crippen LogP contribution in [0.1, 0.15) is 26.2 Å². The zero-order valence-electron chi connectivity index (χ0n) is 9.75. The van der Waals surface area contributed by atoms with Crippen LogP contribution >= 0.6 is 11.8 Å². The Hall–Kier alpha value is 0.270. The molecule has 0 aromatic carbocycles. The van der Waals surface area contributed by atoms with Gasteiger partial charge in [-0.2, -0.15) is 11.8 Å². The summed E-state index contributed by atoms with van der Waals surface area (Å²) in [6.45, 7) is 4.74. The number of piperidine rings is 1. The molecule has 0 spiro atoms. The summed E-state index contributed by atoms with van der Waals surface area (Å²) in [4.78, 5) is 2.56. The van der Waals surface area contributed by atoms with Gasteiger partial charge in [0.25, 0.3) is 0 Å². The fraction of sp³-hybridized carbons (Fsp3) is 1.00. The smallest absolute Gasteiger partial charge is 0.0220 e. The summed E-state index contributed by atoms with van der Waals surface area (Å²) >= 11 is 1.95. The molecule has 0 aliphatic carbocycles. The molecule has 0 saturated carbocycles. The maximum atomic E-state index is 3.48. The molecule has 14 heavy (non-hydrogen) atoms. The molecule has 1 rings (SSSR count). The van der Waals surface area contributed by atoms with E-state index in [1.807, 2.05) is 11.8 Å². The number of hydrogen-bond donors (Lipinski definition) is 1. The Morgan fingerprint density at radius 3 is 2.93 bits per heavy atom. The van der Waals surface area contributed by atoms with Gasteiger partial charge in [-0.25, -0.2) is 0 Å². The Balaban J connectivity index is 2.26. The number of thioether (sulfide) groups is 1. The van der Waals surface area contributed by atoms with Gasteiger partial charge in [0.15, 0.2) is 0 Å². The molecule has 84 valence electrons. The van der Waals surface area contributed by atoms with Gasteiger partial charge in [-0.15, -0.1) is 0 Å². The Bertz CT molecular complexity index is 146. The third-order valence-corrected chi connectivity index (χ3v) is 3.93. The van der Waals surface area contributed by atoms with Gasteiger partial charge in [-0.1, -0.05) is 0 Å².